The van der Waals surface area contributed by atoms with E-state index >= 15 is 0 Å². The number of nitrogens with one attached hydrogen (secondary N) is 2. The first kappa shape index (κ1) is 22.2. The molecule has 8 heteroatoms. The predicted molar refractivity (Wildman–Crippen MR) is 128 cm³/mol. The van der Waals surface area contributed by atoms with E-state index < -0.39 is 0 Å². The Kier molecular flexibility index (Phi) is 6.46. The first-order chi connectivity index (χ1) is 15.9. The Balaban J connectivity index is 1.41. The van der Waals surface area contributed by atoms with Gasteiger partial charge >= 0.3 is 0 Å². The molecule has 0 saturated heterocycles. The van der Waals surface area contributed by atoms with E-state index in [1.165, 1.54) is 23.5 Å². The van der Waals surface area contributed by atoms with E-state index in [2.05, 4.69) is 15.6 Å². The summed E-state index contributed by atoms with van der Waals surface area (Å²) in [5.74, 6) is -0.186. The molecule has 0 aliphatic rings. The van der Waals surface area contributed by atoms with Gasteiger partial charge in [-0.15, -0.1) is 11.3 Å². The minimum Gasteiger partial charge on any atom is -0.497 e. The lowest BCUT2D eigenvalue weighted by atomic mass is 10.2. The van der Waals surface area contributed by atoms with Gasteiger partial charge in [-0.2, -0.15) is 0 Å². The van der Waals surface area contributed by atoms with Crippen LogP contribution in [0.15, 0.2) is 72.8 Å². The van der Waals surface area contributed by atoms with Gasteiger partial charge in [0.1, 0.15) is 21.5 Å². The van der Waals surface area contributed by atoms with Gasteiger partial charge in [-0.25, -0.2) is 9.37 Å². The van der Waals surface area contributed by atoms with E-state index in [0.29, 0.717) is 38.3 Å². The summed E-state index contributed by atoms with van der Waals surface area (Å²) in [4.78, 5) is 30.1. The van der Waals surface area contributed by atoms with Crippen LogP contribution in [0.5, 0.6) is 5.75 Å². The fourth-order valence-corrected chi connectivity index (χ4v) is 4.06. The number of nitrogens with zero attached hydrogens (tertiary/aromatic N) is 1. The van der Waals surface area contributed by atoms with Gasteiger partial charge in [0.05, 0.1) is 12.8 Å². The molecule has 3 aromatic carbocycles. The van der Waals surface area contributed by atoms with Crippen molar-refractivity contribution < 1.29 is 18.7 Å². The molecule has 4 rings (SSSR count). The molecule has 0 spiro atoms. The molecule has 0 radical (unpaired) electrons. The molecule has 0 bridgehead atoms. The smallest absolute Gasteiger partial charge is 0.267 e. The van der Waals surface area contributed by atoms with Crippen LogP contribution < -0.4 is 15.4 Å². The number of hydrogen-bond donors (Lipinski definition) is 2. The molecule has 0 saturated carbocycles. The number of aromatic nitrogens is 1. The van der Waals surface area contributed by atoms with Crippen molar-refractivity contribution in [3.8, 4) is 16.3 Å². The van der Waals surface area contributed by atoms with Crippen molar-refractivity contribution in [2.45, 2.75) is 6.92 Å². The standard InChI is InChI=1S/C25H20FN3O3S/c1-15-22(33-25(27-15)17-3-7-18(26)8-4-17)24(31)29-19-9-5-16(6-10-19)23(30)28-20-11-13-21(32-2)14-12-20/h3-14H,1-2H3,(H,28,30)(H,29,31). The van der Waals surface area contributed by atoms with Crippen LogP contribution in [0.4, 0.5) is 15.8 Å². The Morgan fingerprint density at radius 1 is 0.848 bits per heavy atom. The summed E-state index contributed by atoms with van der Waals surface area (Å²) in [6.45, 7) is 1.76. The average molecular weight is 462 g/mol. The number of carbonyl (C=O) groups excluding carboxylic acids is 2. The summed E-state index contributed by atoms with van der Waals surface area (Å²) < 4.78 is 18.3. The summed E-state index contributed by atoms with van der Waals surface area (Å²) in [5.41, 5.74) is 2.99. The normalized spacial score (nSPS) is 10.5. The van der Waals surface area contributed by atoms with Gasteiger partial charge in [0.15, 0.2) is 0 Å². The number of amides is 2. The molecule has 2 amide bonds. The largest absolute Gasteiger partial charge is 0.497 e. The number of methoxy groups -OCH3 is 1. The zero-order chi connectivity index (χ0) is 23.4. The second-order valence-corrected chi connectivity index (χ2v) is 8.15. The number of anilines is 2. The molecule has 166 valence electrons. The van der Waals surface area contributed by atoms with Gasteiger partial charge < -0.3 is 15.4 Å². The second kappa shape index (κ2) is 9.62. The fourth-order valence-electron chi connectivity index (χ4n) is 3.09. The fraction of sp³-hybridized carbons (Fsp3) is 0.0800. The quantitative estimate of drug-likeness (QED) is 0.382. The van der Waals surface area contributed by atoms with Crippen LogP contribution in [0.25, 0.3) is 10.6 Å². The van der Waals surface area contributed by atoms with E-state index in [0.717, 1.165) is 5.56 Å². The number of halogens is 1. The highest BCUT2D eigenvalue weighted by atomic mass is 32.1. The lowest BCUT2D eigenvalue weighted by molar-refractivity contribution is 0.102. The van der Waals surface area contributed by atoms with Gasteiger partial charge in [-0.3, -0.25) is 9.59 Å². The predicted octanol–water partition coefficient (Wildman–Crippen LogP) is 5.77. The molecule has 0 aliphatic heterocycles. The Bertz CT molecular complexity index is 1280. The molecule has 6 nitrogen and oxygen atoms in total. The Morgan fingerprint density at radius 3 is 2.03 bits per heavy atom. The van der Waals surface area contributed by atoms with Crippen molar-refractivity contribution in [1.82, 2.24) is 4.98 Å². The van der Waals surface area contributed by atoms with Crippen molar-refractivity contribution in [2.24, 2.45) is 0 Å². The third-order valence-electron chi connectivity index (χ3n) is 4.85. The monoisotopic (exact) mass is 461 g/mol. The molecule has 4 aromatic rings. The summed E-state index contributed by atoms with van der Waals surface area (Å²) in [6, 6.07) is 19.6. The van der Waals surface area contributed by atoms with E-state index in [1.807, 2.05) is 0 Å². The average Bonchev–Trinajstić information content (AvgIpc) is 3.22. The number of carbonyl (C=O) groups is 2. The number of rotatable bonds is 6. The van der Waals surface area contributed by atoms with Crippen molar-refractivity contribution in [2.75, 3.05) is 17.7 Å². The van der Waals surface area contributed by atoms with Gasteiger partial charge in [0.25, 0.3) is 11.8 Å². The summed E-state index contributed by atoms with van der Waals surface area (Å²) in [6.07, 6.45) is 0. The Hall–Kier alpha value is -4.04. The van der Waals surface area contributed by atoms with E-state index in [4.69, 9.17) is 4.74 Å². The molecule has 1 heterocycles. The zero-order valence-electron chi connectivity index (χ0n) is 17.9. The summed E-state index contributed by atoms with van der Waals surface area (Å²) in [7, 11) is 1.58. The molecule has 0 unspecified atom stereocenters. The molecule has 2 N–H and O–H groups in total. The van der Waals surface area contributed by atoms with Crippen LogP contribution in [0.3, 0.4) is 0 Å². The molecular formula is C25H20FN3O3S. The third-order valence-corrected chi connectivity index (χ3v) is 6.05. The topological polar surface area (TPSA) is 80.3 Å². The number of ether oxygens (including phenoxy) is 1. The van der Waals surface area contributed by atoms with Crippen molar-refractivity contribution in [3.05, 3.63) is 94.7 Å². The maximum Gasteiger partial charge on any atom is 0.267 e. The summed E-state index contributed by atoms with van der Waals surface area (Å²) >= 11 is 1.24. The van der Waals surface area contributed by atoms with Crippen LogP contribution in [0.2, 0.25) is 0 Å². The highest BCUT2D eigenvalue weighted by Gasteiger charge is 2.17. The van der Waals surface area contributed by atoms with Gasteiger partial charge in [0.2, 0.25) is 0 Å². The Labute approximate surface area is 194 Å². The van der Waals surface area contributed by atoms with Gasteiger partial charge in [-0.1, -0.05) is 0 Å². The lowest BCUT2D eigenvalue weighted by Crippen LogP contribution is -2.13. The molecule has 0 atom stereocenters. The molecular weight excluding hydrogens is 441 g/mol. The molecule has 0 fully saturated rings. The number of aryl methyl sites for hydroxylation is 1. The van der Waals surface area contributed by atoms with Crippen LogP contribution >= 0.6 is 11.3 Å². The van der Waals surface area contributed by atoms with Gasteiger partial charge in [0, 0.05) is 22.5 Å². The molecule has 0 aliphatic carbocycles. The third kappa shape index (κ3) is 5.24. The first-order valence-electron chi connectivity index (χ1n) is 10.0. The second-order valence-electron chi connectivity index (χ2n) is 7.15. The van der Waals surface area contributed by atoms with Crippen molar-refractivity contribution in [3.63, 3.8) is 0 Å². The number of benzene rings is 3. The van der Waals surface area contributed by atoms with E-state index in [9.17, 15) is 14.0 Å². The SMILES string of the molecule is COc1ccc(NC(=O)c2ccc(NC(=O)c3sc(-c4ccc(F)cc4)nc3C)cc2)cc1. The zero-order valence-corrected chi connectivity index (χ0v) is 18.7. The maximum atomic E-state index is 13.2. The number of hydrogen-bond acceptors (Lipinski definition) is 5. The van der Waals surface area contributed by atoms with E-state index in [1.54, 1.807) is 74.7 Å². The first-order valence-corrected chi connectivity index (χ1v) is 10.8. The lowest BCUT2D eigenvalue weighted by Gasteiger charge is -2.08. The van der Waals surface area contributed by atoms with Crippen molar-refractivity contribution >= 4 is 34.5 Å². The maximum absolute atomic E-state index is 13.2. The van der Waals surface area contributed by atoms with Crippen molar-refractivity contribution in [1.29, 1.82) is 0 Å². The van der Waals surface area contributed by atoms with Crippen LogP contribution in [-0.2, 0) is 0 Å². The van der Waals surface area contributed by atoms with Crippen LogP contribution in [0, 0.1) is 12.7 Å². The number of thiazole rings is 1. The minimum absolute atomic E-state index is 0.264. The van der Waals surface area contributed by atoms with E-state index in [-0.39, 0.29) is 17.6 Å². The highest BCUT2D eigenvalue weighted by Crippen LogP contribution is 2.28. The Morgan fingerprint density at radius 2 is 1.42 bits per heavy atom. The van der Waals surface area contributed by atoms with Gasteiger partial charge in [-0.05, 0) is 79.7 Å². The molecule has 1 aromatic heterocycles. The van der Waals surface area contributed by atoms with Crippen LogP contribution in [-0.4, -0.2) is 23.9 Å². The van der Waals surface area contributed by atoms with Crippen LogP contribution in [0.1, 0.15) is 25.7 Å². The minimum atomic E-state index is -0.328. The molecule has 33 heavy (non-hydrogen) atoms. The highest BCUT2D eigenvalue weighted by molar-refractivity contribution is 7.17. The summed E-state index contributed by atoms with van der Waals surface area (Å²) in [5, 5.41) is 6.28.